The van der Waals surface area contributed by atoms with Crippen molar-refractivity contribution in [1.82, 2.24) is 0 Å². The number of cyclic esters (lactones) is 2. The highest BCUT2D eigenvalue weighted by atomic mass is 16.6. The van der Waals surface area contributed by atoms with E-state index >= 15 is 0 Å². The van der Waals surface area contributed by atoms with Crippen LogP contribution in [0.3, 0.4) is 0 Å². The van der Waals surface area contributed by atoms with E-state index in [-0.39, 0.29) is 0 Å². The van der Waals surface area contributed by atoms with Gasteiger partial charge in [0.05, 0.1) is 5.57 Å². The fourth-order valence-electron chi connectivity index (χ4n) is 3.01. The first-order valence-electron chi connectivity index (χ1n) is 9.99. The summed E-state index contributed by atoms with van der Waals surface area (Å²) in [5, 5.41) is 0. The number of allylic oxidation sites excluding steroid dienone is 2. The zero-order chi connectivity index (χ0) is 18.2. The molecule has 0 saturated heterocycles. The van der Waals surface area contributed by atoms with E-state index in [2.05, 4.69) is 11.3 Å². The maximum Gasteiger partial charge on any atom is 0.346 e. The second-order valence-electron chi connectivity index (χ2n) is 6.82. The Labute approximate surface area is 153 Å². The van der Waals surface area contributed by atoms with Crippen molar-refractivity contribution in [3.63, 3.8) is 0 Å². The van der Waals surface area contributed by atoms with Crippen LogP contribution in [0.4, 0.5) is 0 Å². The number of hydrogen-bond donors (Lipinski definition) is 0. The molecular formula is C22H34O3. The van der Waals surface area contributed by atoms with Crippen molar-refractivity contribution >= 4 is 11.9 Å². The zero-order valence-electron chi connectivity index (χ0n) is 15.6. The summed E-state index contributed by atoms with van der Waals surface area (Å²) in [6, 6.07) is 0. The van der Waals surface area contributed by atoms with Crippen LogP contribution in [-0.2, 0) is 14.3 Å². The fraction of sp³-hybridized carbons (Fsp3) is 0.636. The van der Waals surface area contributed by atoms with Gasteiger partial charge in [-0.15, -0.1) is 6.58 Å². The van der Waals surface area contributed by atoms with Crippen molar-refractivity contribution in [2.24, 2.45) is 0 Å². The lowest BCUT2D eigenvalue weighted by Gasteiger charge is -2.02. The molecule has 1 heterocycles. The minimum Gasteiger partial charge on any atom is -0.386 e. The van der Waals surface area contributed by atoms with E-state index in [0.29, 0.717) is 5.57 Å². The van der Waals surface area contributed by atoms with E-state index in [1.165, 1.54) is 83.1 Å². The first-order valence-corrected chi connectivity index (χ1v) is 9.99. The summed E-state index contributed by atoms with van der Waals surface area (Å²) in [6.45, 7) is 3.75. The molecule has 0 spiro atoms. The van der Waals surface area contributed by atoms with Crippen LogP contribution in [0.15, 0.2) is 36.5 Å². The maximum absolute atomic E-state index is 11.2. The lowest BCUT2D eigenvalue weighted by atomic mass is 10.0. The molecule has 140 valence electrons. The SMILES string of the molecule is C=CCCCCCCCCCCCCCC/C=C/C1=CC(=O)OC1=O. The summed E-state index contributed by atoms with van der Waals surface area (Å²) >= 11 is 0. The van der Waals surface area contributed by atoms with Crippen LogP contribution in [0.2, 0.25) is 0 Å². The van der Waals surface area contributed by atoms with Crippen LogP contribution in [0, 0.1) is 0 Å². The topological polar surface area (TPSA) is 43.4 Å². The van der Waals surface area contributed by atoms with Gasteiger partial charge in [0.25, 0.3) is 0 Å². The molecule has 0 aliphatic carbocycles. The van der Waals surface area contributed by atoms with Crippen molar-refractivity contribution in [2.45, 2.75) is 89.9 Å². The Morgan fingerprint density at radius 3 is 1.68 bits per heavy atom. The summed E-state index contributed by atoms with van der Waals surface area (Å²) in [5.74, 6) is -1.09. The average Bonchev–Trinajstić information content (AvgIpc) is 2.92. The van der Waals surface area contributed by atoms with Crippen LogP contribution in [-0.4, -0.2) is 11.9 Å². The van der Waals surface area contributed by atoms with Gasteiger partial charge in [-0.2, -0.15) is 0 Å². The highest BCUT2D eigenvalue weighted by Crippen LogP contribution is 2.14. The number of carbonyl (C=O) groups is 2. The zero-order valence-corrected chi connectivity index (χ0v) is 15.6. The standard InChI is InChI=1S/C22H34O3/c1-2-3-4-5-6-7-8-9-10-11-12-13-14-15-16-17-18-20-19-21(23)25-22(20)24/h2,17-19H,1,3-16H2/b18-17+. The van der Waals surface area contributed by atoms with Gasteiger partial charge < -0.3 is 4.74 Å². The number of ether oxygens (including phenoxy) is 1. The molecule has 0 aromatic rings. The third kappa shape index (κ3) is 11.5. The molecular weight excluding hydrogens is 312 g/mol. The highest BCUT2D eigenvalue weighted by Gasteiger charge is 2.20. The summed E-state index contributed by atoms with van der Waals surface area (Å²) in [5.41, 5.74) is 0.366. The van der Waals surface area contributed by atoms with Gasteiger partial charge in [0, 0.05) is 6.08 Å². The summed E-state index contributed by atoms with van der Waals surface area (Å²) in [7, 11) is 0. The Kier molecular flexibility index (Phi) is 12.6. The normalized spacial score (nSPS) is 14.2. The second-order valence-corrected chi connectivity index (χ2v) is 6.82. The molecule has 3 heteroatoms. The molecule has 1 aliphatic heterocycles. The molecule has 0 fully saturated rings. The van der Waals surface area contributed by atoms with Gasteiger partial charge in [-0.3, -0.25) is 0 Å². The van der Waals surface area contributed by atoms with E-state index in [1.54, 1.807) is 6.08 Å². The maximum atomic E-state index is 11.2. The summed E-state index contributed by atoms with van der Waals surface area (Å²) < 4.78 is 4.43. The third-order valence-corrected chi connectivity index (χ3v) is 4.53. The van der Waals surface area contributed by atoms with Crippen molar-refractivity contribution in [3.8, 4) is 0 Å². The number of carbonyl (C=O) groups excluding carboxylic acids is 2. The number of hydrogen-bond acceptors (Lipinski definition) is 3. The predicted molar refractivity (Wildman–Crippen MR) is 103 cm³/mol. The number of esters is 2. The van der Waals surface area contributed by atoms with E-state index in [0.717, 1.165) is 12.8 Å². The predicted octanol–water partition coefficient (Wildman–Crippen LogP) is 6.20. The monoisotopic (exact) mass is 346 g/mol. The van der Waals surface area contributed by atoms with Crippen LogP contribution in [0.25, 0.3) is 0 Å². The number of unbranched alkanes of at least 4 members (excludes halogenated alkanes) is 13. The van der Waals surface area contributed by atoms with E-state index in [1.807, 2.05) is 12.2 Å². The lowest BCUT2D eigenvalue weighted by Crippen LogP contribution is -2.00. The molecule has 0 unspecified atom stereocenters. The lowest BCUT2D eigenvalue weighted by molar-refractivity contribution is -0.150. The van der Waals surface area contributed by atoms with Crippen molar-refractivity contribution in [2.75, 3.05) is 0 Å². The summed E-state index contributed by atoms with van der Waals surface area (Å²) in [4.78, 5) is 22.1. The summed E-state index contributed by atoms with van der Waals surface area (Å²) in [6.07, 6.45) is 25.0. The van der Waals surface area contributed by atoms with Gasteiger partial charge in [-0.1, -0.05) is 82.4 Å². The molecule has 25 heavy (non-hydrogen) atoms. The van der Waals surface area contributed by atoms with Gasteiger partial charge in [0.1, 0.15) is 0 Å². The minimum absolute atomic E-state index is 0.366. The molecule has 0 atom stereocenters. The third-order valence-electron chi connectivity index (χ3n) is 4.53. The van der Waals surface area contributed by atoms with Crippen LogP contribution < -0.4 is 0 Å². The Bertz CT molecular complexity index is 460. The van der Waals surface area contributed by atoms with Crippen molar-refractivity contribution in [3.05, 3.63) is 36.5 Å². The van der Waals surface area contributed by atoms with Gasteiger partial charge in [-0.05, 0) is 25.7 Å². The second kappa shape index (κ2) is 14.7. The smallest absolute Gasteiger partial charge is 0.346 e. The van der Waals surface area contributed by atoms with Gasteiger partial charge in [0.2, 0.25) is 0 Å². The highest BCUT2D eigenvalue weighted by molar-refractivity contribution is 6.10. The van der Waals surface area contributed by atoms with Crippen LogP contribution in [0.1, 0.15) is 89.9 Å². The van der Waals surface area contributed by atoms with Gasteiger partial charge in [0.15, 0.2) is 0 Å². The minimum atomic E-state index is -0.558. The van der Waals surface area contributed by atoms with E-state index < -0.39 is 11.9 Å². The van der Waals surface area contributed by atoms with Gasteiger partial charge >= 0.3 is 11.9 Å². The first kappa shape index (κ1) is 21.4. The Morgan fingerprint density at radius 1 is 0.760 bits per heavy atom. The molecule has 0 bridgehead atoms. The Balaban J connectivity index is 1.80. The molecule has 3 nitrogen and oxygen atoms in total. The average molecular weight is 347 g/mol. The molecule has 0 aromatic heterocycles. The first-order chi connectivity index (χ1) is 12.2. The molecule has 1 aliphatic rings. The quantitative estimate of drug-likeness (QED) is 0.145. The van der Waals surface area contributed by atoms with E-state index in [9.17, 15) is 9.59 Å². The number of rotatable bonds is 16. The Morgan fingerprint density at radius 2 is 1.24 bits per heavy atom. The Hall–Kier alpha value is -1.64. The van der Waals surface area contributed by atoms with Crippen LogP contribution >= 0.6 is 0 Å². The fourth-order valence-corrected chi connectivity index (χ4v) is 3.01. The molecule has 0 amide bonds. The van der Waals surface area contributed by atoms with Gasteiger partial charge in [-0.25, -0.2) is 9.59 Å². The van der Waals surface area contributed by atoms with Crippen molar-refractivity contribution < 1.29 is 14.3 Å². The molecule has 0 radical (unpaired) electrons. The van der Waals surface area contributed by atoms with Crippen molar-refractivity contribution in [1.29, 1.82) is 0 Å². The van der Waals surface area contributed by atoms with E-state index in [4.69, 9.17) is 0 Å². The molecule has 0 N–H and O–H groups in total. The molecule has 1 rings (SSSR count). The van der Waals surface area contributed by atoms with Crippen LogP contribution in [0.5, 0.6) is 0 Å². The largest absolute Gasteiger partial charge is 0.386 e. The molecule has 0 aromatic carbocycles. The molecule has 0 saturated carbocycles.